The van der Waals surface area contributed by atoms with Crippen LogP contribution >= 0.6 is 11.6 Å². The van der Waals surface area contributed by atoms with E-state index in [4.69, 9.17) is 20.9 Å². The number of nitrogens with one attached hydrogen (secondary N) is 1. The number of carbonyl (C=O) groups is 2. The predicted octanol–water partition coefficient (Wildman–Crippen LogP) is 3.70. The molecule has 1 amide bonds. The fourth-order valence-corrected chi connectivity index (χ4v) is 1.98. The molecule has 6 nitrogen and oxygen atoms in total. The standard InChI is InChI=1S/C16H15ClF2N2O4/c1-16(2,3)12-6-14(25-21-12)20-13(22)7-24-15(23)8-4-10(18)11(19)5-9(8)17/h4-6H,7H2,1-3H3,(H,20,22). The molecule has 134 valence electrons. The van der Waals surface area contributed by atoms with Crippen molar-refractivity contribution < 1.29 is 27.6 Å². The van der Waals surface area contributed by atoms with Gasteiger partial charge in [0.25, 0.3) is 5.91 Å². The van der Waals surface area contributed by atoms with E-state index in [0.717, 1.165) is 0 Å². The zero-order chi connectivity index (χ0) is 18.8. The quantitative estimate of drug-likeness (QED) is 0.653. The average Bonchev–Trinajstić information content (AvgIpc) is 2.97. The monoisotopic (exact) mass is 372 g/mol. The average molecular weight is 373 g/mol. The summed E-state index contributed by atoms with van der Waals surface area (Å²) in [6, 6.07) is 2.80. The molecule has 0 fully saturated rings. The molecule has 0 spiro atoms. The van der Waals surface area contributed by atoms with E-state index in [-0.39, 0.29) is 21.9 Å². The van der Waals surface area contributed by atoms with Gasteiger partial charge in [-0.2, -0.15) is 0 Å². The van der Waals surface area contributed by atoms with Crippen molar-refractivity contribution >= 4 is 29.4 Å². The van der Waals surface area contributed by atoms with E-state index >= 15 is 0 Å². The van der Waals surface area contributed by atoms with Gasteiger partial charge in [-0.15, -0.1) is 0 Å². The Morgan fingerprint density at radius 1 is 1.24 bits per heavy atom. The lowest BCUT2D eigenvalue weighted by atomic mass is 9.92. The van der Waals surface area contributed by atoms with Gasteiger partial charge in [0, 0.05) is 11.5 Å². The third-order valence-corrected chi connectivity index (χ3v) is 3.42. The summed E-state index contributed by atoms with van der Waals surface area (Å²) in [4.78, 5) is 23.6. The van der Waals surface area contributed by atoms with Crippen molar-refractivity contribution in [2.45, 2.75) is 26.2 Å². The van der Waals surface area contributed by atoms with Gasteiger partial charge in [0.15, 0.2) is 18.2 Å². The second-order valence-corrected chi connectivity index (χ2v) is 6.60. The highest BCUT2D eigenvalue weighted by atomic mass is 35.5. The first kappa shape index (κ1) is 18.9. The van der Waals surface area contributed by atoms with Crippen LogP contribution in [0, 0.1) is 11.6 Å². The van der Waals surface area contributed by atoms with Crippen LogP contribution in [0.4, 0.5) is 14.7 Å². The topological polar surface area (TPSA) is 81.4 Å². The maximum atomic E-state index is 13.2. The van der Waals surface area contributed by atoms with Gasteiger partial charge in [0.2, 0.25) is 5.88 Å². The minimum absolute atomic E-state index is 0.0943. The number of ether oxygens (including phenoxy) is 1. The minimum atomic E-state index is -1.25. The van der Waals surface area contributed by atoms with Gasteiger partial charge in [-0.25, -0.2) is 13.6 Å². The molecule has 1 aromatic heterocycles. The number of hydrogen-bond acceptors (Lipinski definition) is 5. The zero-order valence-electron chi connectivity index (χ0n) is 13.7. The number of carbonyl (C=O) groups excluding carboxylic acids is 2. The summed E-state index contributed by atoms with van der Waals surface area (Å²) in [5.74, 6) is -4.11. The van der Waals surface area contributed by atoms with Gasteiger partial charge in [-0.1, -0.05) is 37.5 Å². The minimum Gasteiger partial charge on any atom is -0.452 e. The highest BCUT2D eigenvalue weighted by Gasteiger charge is 2.21. The van der Waals surface area contributed by atoms with Crippen molar-refractivity contribution in [2.75, 3.05) is 11.9 Å². The number of amides is 1. The van der Waals surface area contributed by atoms with Crippen LogP contribution in [0.3, 0.4) is 0 Å². The van der Waals surface area contributed by atoms with E-state index in [1.807, 2.05) is 20.8 Å². The lowest BCUT2D eigenvalue weighted by Crippen LogP contribution is -2.21. The maximum absolute atomic E-state index is 13.2. The number of anilines is 1. The van der Waals surface area contributed by atoms with Crippen LogP contribution in [0.15, 0.2) is 22.7 Å². The highest BCUT2D eigenvalue weighted by Crippen LogP contribution is 2.24. The van der Waals surface area contributed by atoms with Crippen LogP contribution in [-0.4, -0.2) is 23.6 Å². The van der Waals surface area contributed by atoms with Crippen molar-refractivity contribution in [3.8, 4) is 0 Å². The third kappa shape index (κ3) is 4.76. The third-order valence-electron chi connectivity index (χ3n) is 3.11. The lowest BCUT2D eigenvalue weighted by Gasteiger charge is -2.12. The van der Waals surface area contributed by atoms with E-state index in [9.17, 15) is 18.4 Å². The highest BCUT2D eigenvalue weighted by molar-refractivity contribution is 6.33. The van der Waals surface area contributed by atoms with Crippen LogP contribution in [0.2, 0.25) is 5.02 Å². The normalized spacial score (nSPS) is 11.3. The Balaban J connectivity index is 1.95. The molecule has 25 heavy (non-hydrogen) atoms. The molecule has 0 bridgehead atoms. The van der Waals surface area contributed by atoms with E-state index in [1.54, 1.807) is 6.07 Å². The van der Waals surface area contributed by atoms with Gasteiger partial charge < -0.3 is 9.26 Å². The second kappa shape index (κ2) is 7.18. The van der Waals surface area contributed by atoms with E-state index < -0.39 is 30.1 Å². The van der Waals surface area contributed by atoms with Gasteiger partial charge in [-0.05, 0) is 12.1 Å². The molecular formula is C16H15ClF2N2O4. The smallest absolute Gasteiger partial charge is 0.340 e. The summed E-state index contributed by atoms with van der Waals surface area (Å²) in [5.41, 5.74) is -0.0149. The summed E-state index contributed by atoms with van der Waals surface area (Å²) in [6.45, 7) is 5.09. The molecule has 0 aliphatic carbocycles. The van der Waals surface area contributed by atoms with Crippen LogP contribution < -0.4 is 5.32 Å². The first-order valence-electron chi connectivity index (χ1n) is 7.16. The van der Waals surface area contributed by atoms with Gasteiger partial charge in [-0.3, -0.25) is 10.1 Å². The molecule has 1 heterocycles. The van der Waals surface area contributed by atoms with Gasteiger partial charge in [0.1, 0.15) is 0 Å². The Labute approximate surface area is 147 Å². The SMILES string of the molecule is CC(C)(C)c1cc(NC(=O)COC(=O)c2cc(F)c(F)cc2Cl)on1. The molecule has 0 aliphatic rings. The Morgan fingerprint density at radius 3 is 2.48 bits per heavy atom. The zero-order valence-corrected chi connectivity index (χ0v) is 14.4. The molecule has 2 rings (SSSR count). The fourth-order valence-electron chi connectivity index (χ4n) is 1.75. The summed E-state index contributed by atoms with van der Waals surface area (Å²) in [7, 11) is 0. The van der Waals surface area contributed by atoms with E-state index in [2.05, 4.69) is 10.5 Å². The molecule has 1 aromatic carbocycles. The number of nitrogens with zero attached hydrogens (tertiary/aromatic N) is 1. The number of aromatic nitrogens is 1. The molecule has 1 N–H and O–H groups in total. The van der Waals surface area contributed by atoms with Crippen LogP contribution in [0.5, 0.6) is 0 Å². The Kier molecular flexibility index (Phi) is 5.42. The Hall–Kier alpha value is -2.48. The van der Waals surface area contributed by atoms with Gasteiger partial charge in [0.05, 0.1) is 16.3 Å². The molecular weight excluding hydrogens is 358 g/mol. The van der Waals surface area contributed by atoms with Gasteiger partial charge >= 0.3 is 5.97 Å². The first-order chi connectivity index (χ1) is 11.6. The molecule has 0 saturated carbocycles. The molecule has 0 radical (unpaired) electrons. The van der Waals surface area contributed by atoms with Crippen LogP contribution in [0.25, 0.3) is 0 Å². The Morgan fingerprint density at radius 2 is 1.88 bits per heavy atom. The van der Waals surface area contributed by atoms with Crippen molar-refractivity contribution in [1.29, 1.82) is 0 Å². The molecule has 0 aliphatic heterocycles. The molecule has 0 saturated heterocycles. The fraction of sp³-hybridized carbons (Fsp3) is 0.312. The Bertz CT molecular complexity index is 815. The summed E-state index contributed by atoms with van der Waals surface area (Å²) >= 11 is 5.66. The summed E-state index contributed by atoms with van der Waals surface area (Å²) in [5, 5.41) is 5.86. The summed E-state index contributed by atoms with van der Waals surface area (Å²) < 4.78 is 35.8. The van der Waals surface area contributed by atoms with Crippen molar-refractivity contribution in [3.05, 3.63) is 46.1 Å². The number of esters is 1. The second-order valence-electron chi connectivity index (χ2n) is 6.20. The molecule has 0 atom stereocenters. The largest absolute Gasteiger partial charge is 0.452 e. The van der Waals surface area contributed by atoms with E-state index in [0.29, 0.717) is 17.8 Å². The van der Waals surface area contributed by atoms with Crippen molar-refractivity contribution in [1.82, 2.24) is 5.16 Å². The number of benzene rings is 1. The molecule has 2 aromatic rings. The number of rotatable bonds is 4. The number of hydrogen-bond donors (Lipinski definition) is 1. The molecule has 0 unspecified atom stereocenters. The maximum Gasteiger partial charge on any atom is 0.340 e. The number of halogens is 3. The van der Waals surface area contributed by atoms with Crippen molar-refractivity contribution in [2.24, 2.45) is 0 Å². The van der Waals surface area contributed by atoms with E-state index in [1.165, 1.54) is 0 Å². The van der Waals surface area contributed by atoms with Crippen molar-refractivity contribution in [3.63, 3.8) is 0 Å². The van der Waals surface area contributed by atoms with Crippen LogP contribution in [-0.2, 0) is 14.9 Å². The summed E-state index contributed by atoms with van der Waals surface area (Å²) in [6.07, 6.45) is 0. The van der Waals surface area contributed by atoms with Crippen LogP contribution in [0.1, 0.15) is 36.8 Å². The first-order valence-corrected chi connectivity index (χ1v) is 7.54. The predicted molar refractivity (Wildman–Crippen MR) is 85.5 cm³/mol. The lowest BCUT2D eigenvalue weighted by molar-refractivity contribution is -0.119. The molecule has 9 heteroatoms.